The SMILES string of the molecule is COc1ccccc1-c1cn2c(C)c([C@H](N[S@@](=O)C(C)(C)C)C(F)(F)F)sc2n1. The number of alkyl halides is 3. The van der Waals surface area contributed by atoms with Gasteiger partial charge in [-0.05, 0) is 39.8 Å². The third-order valence-corrected chi connectivity index (χ3v) is 7.13. The Balaban J connectivity index is 2.05. The maximum absolute atomic E-state index is 13.8. The van der Waals surface area contributed by atoms with E-state index >= 15 is 0 Å². The van der Waals surface area contributed by atoms with Gasteiger partial charge >= 0.3 is 6.18 Å². The summed E-state index contributed by atoms with van der Waals surface area (Å²) in [6, 6.07) is 5.28. The van der Waals surface area contributed by atoms with Crippen LogP contribution < -0.4 is 9.46 Å². The number of nitrogens with zero attached hydrogens (tertiary/aromatic N) is 2. The average molecular weight is 446 g/mol. The number of halogens is 3. The maximum Gasteiger partial charge on any atom is 0.409 e. The van der Waals surface area contributed by atoms with Gasteiger partial charge in [0.15, 0.2) is 11.0 Å². The molecule has 0 fully saturated rings. The minimum atomic E-state index is -4.60. The number of imidazole rings is 1. The average Bonchev–Trinajstić information content (AvgIpc) is 3.17. The minimum absolute atomic E-state index is 0.0455. The predicted octanol–water partition coefficient (Wildman–Crippen LogP) is 5.04. The van der Waals surface area contributed by atoms with Gasteiger partial charge in [-0.15, -0.1) is 0 Å². The molecule has 29 heavy (non-hydrogen) atoms. The van der Waals surface area contributed by atoms with Crippen molar-refractivity contribution in [2.75, 3.05) is 7.11 Å². The van der Waals surface area contributed by atoms with Gasteiger partial charge in [-0.25, -0.2) is 13.9 Å². The number of nitrogens with one attached hydrogen (secondary N) is 1. The van der Waals surface area contributed by atoms with Gasteiger partial charge in [-0.2, -0.15) is 13.2 Å². The highest BCUT2D eigenvalue weighted by molar-refractivity contribution is 7.84. The predicted molar refractivity (Wildman–Crippen MR) is 110 cm³/mol. The fourth-order valence-electron chi connectivity index (χ4n) is 2.77. The Labute approximate surface area is 173 Å². The third kappa shape index (κ3) is 4.34. The Bertz CT molecular complexity index is 1050. The van der Waals surface area contributed by atoms with Crippen molar-refractivity contribution in [2.24, 2.45) is 0 Å². The van der Waals surface area contributed by atoms with Gasteiger partial charge in [0.25, 0.3) is 0 Å². The number of benzene rings is 1. The quantitative estimate of drug-likeness (QED) is 0.599. The Morgan fingerprint density at radius 1 is 1.24 bits per heavy atom. The second-order valence-corrected chi connectivity index (χ2v) is 10.5. The molecule has 1 N–H and O–H groups in total. The standard InChI is InChI=1S/C19H22F3N3O2S2/c1-11-15(16(19(20,21)22)24-29(26)18(2,3)4)28-17-23-13(10-25(11)17)12-8-6-7-9-14(12)27-5/h6-10,16,24H,1-5H3/t16-,29-/m0/s1. The molecule has 0 spiro atoms. The Kier molecular flexibility index (Phi) is 5.81. The van der Waals surface area contributed by atoms with Crippen LogP contribution in [-0.2, 0) is 11.0 Å². The number of methoxy groups -OCH3 is 1. The molecule has 0 amide bonds. The zero-order valence-corrected chi connectivity index (χ0v) is 18.3. The normalized spacial score (nSPS) is 14.9. The first kappa shape index (κ1) is 21.8. The summed E-state index contributed by atoms with van der Waals surface area (Å²) in [5, 5.41) is 0. The Morgan fingerprint density at radius 3 is 2.45 bits per heavy atom. The molecule has 0 bridgehead atoms. The lowest BCUT2D eigenvalue weighted by Gasteiger charge is -2.25. The van der Waals surface area contributed by atoms with Crippen LogP contribution >= 0.6 is 11.3 Å². The minimum Gasteiger partial charge on any atom is -0.496 e. The molecule has 2 heterocycles. The maximum atomic E-state index is 13.8. The molecule has 3 rings (SSSR count). The van der Waals surface area contributed by atoms with E-state index in [4.69, 9.17) is 4.74 Å². The summed E-state index contributed by atoms with van der Waals surface area (Å²) in [5.74, 6) is 0.631. The van der Waals surface area contributed by atoms with Crippen LogP contribution in [0.1, 0.15) is 37.4 Å². The van der Waals surface area contributed by atoms with Gasteiger partial charge in [-0.1, -0.05) is 23.5 Å². The Morgan fingerprint density at radius 2 is 1.90 bits per heavy atom. The highest BCUT2D eigenvalue weighted by Crippen LogP contribution is 2.40. The second-order valence-electron chi connectivity index (χ2n) is 7.50. The van der Waals surface area contributed by atoms with Crippen LogP contribution in [0.25, 0.3) is 16.2 Å². The van der Waals surface area contributed by atoms with E-state index in [9.17, 15) is 17.4 Å². The zero-order valence-electron chi connectivity index (χ0n) is 16.6. The molecule has 3 aromatic rings. The molecule has 2 aromatic heterocycles. The summed E-state index contributed by atoms with van der Waals surface area (Å²) in [6.45, 7) is 6.47. The van der Waals surface area contributed by atoms with Crippen molar-refractivity contribution in [3.8, 4) is 17.0 Å². The van der Waals surface area contributed by atoms with E-state index in [1.807, 2.05) is 18.2 Å². The number of aromatic nitrogens is 2. The van der Waals surface area contributed by atoms with Crippen molar-refractivity contribution < 1.29 is 22.1 Å². The first-order chi connectivity index (χ1) is 13.4. The van der Waals surface area contributed by atoms with Crippen LogP contribution in [0.2, 0.25) is 0 Å². The van der Waals surface area contributed by atoms with Crippen molar-refractivity contribution in [1.29, 1.82) is 0 Å². The molecule has 10 heteroatoms. The molecule has 0 saturated heterocycles. The largest absolute Gasteiger partial charge is 0.496 e. The number of thiazole rings is 1. The van der Waals surface area contributed by atoms with Crippen LogP contribution in [0.4, 0.5) is 13.2 Å². The Hall–Kier alpha value is -1.91. The van der Waals surface area contributed by atoms with Crippen LogP contribution in [0.15, 0.2) is 30.5 Å². The summed E-state index contributed by atoms with van der Waals surface area (Å²) in [7, 11) is -0.329. The number of aryl methyl sites for hydroxylation is 1. The van der Waals surface area contributed by atoms with Crippen molar-refractivity contribution >= 4 is 27.3 Å². The monoisotopic (exact) mass is 445 g/mol. The highest BCUT2D eigenvalue weighted by atomic mass is 32.2. The van der Waals surface area contributed by atoms with Crippen molar-refractivity contribution in [3.63, 3.8) is 0 Å². The number of rotatable bonds is 5. The zero-order chi connectivity index (χ0) is 21.6. The van der Waals surface area contributed by atoms with Crippen molar-refractivity contribution in [2.45, 2.75) is 44.7 Å². The fraction of sp³-hybridized carbons (Fsp3) is 0.421. The number of fused-ring (bicyclic) bond motifs is 1. The van der Waals surface area contributed by atoms with E-state index in [-0.39, 0.29) is 4.88 Å². The molecule has 0 aliphatic rings. The summed E-state index contributed by atoms with van der Waals surface area (Å²) in [4.78, 5) is 4.97. The van der Waals surface area contributed by atoms with E-state index in [2.05, 4.69) is 9.71 Å². The van der Waals surface area contributed by atoms with Crippen LogP contribution in [0.3, 0.4) is 0 Å². The van der Waals surface area contributed by atoms with Gasteiger partial charge in [-0.3, -0.25) is 4.40 Å². The summed E-state index contributed by atoms with van der Waals surface area (Å²) < 4.78 is 62.1. The lowest BCUT2D eigenvalue weighted by atomic mass is 10.1. The highest BCUT2D eigenvalue weighted by Gasteiger charge is 2.45. The lowest BCUT2D eigenvalue weighted by molar-refractivity contribution is -0.152. The van der Waals surface area contributed by atoms with E-state index in [0.29, 0.717) is 22.1 Å². The van der Waals surface area contributed by atoms with E-state index in [0.717, 1.165) is 16.9 Å². The number of hydrogen-bond donors (Lipinski definition) is 1. The van der Waals surface area contributed by atoms with E-state index in [1.54, 1.807) is 51.5 Å². The van der Waals surface area contributed by atoms with Gasteiger partial charge in [0.05, 0.1) is 33.4 Å². The van der Waals surface area contributed by atoms with E-state index < -0.39 is 28.0 Å². The molecule has 158 valence electrons. The summed E-state index contributed by atoms with van der Waals surface area (Å²) in [5.41, 5.74) is 1.77. The third-order valence-electron chi connectivity index (χ3n) is 4.35. The van der Waals surface area contributed by atoms with Gasteiger partial charge < -0.3 is 4.74 Å². The first-order valence-corrected chi connectivity index (χ1v) is 10.8. The molecule has 2 atom stereocenters. The van der Waals surface area contributed by atoms with Gasteiger partial charge in [0.2, 0.25) is 0 Å². The topological polar surface area (TPSA) is 55.6 Å². The van der Waals surface area contributed by atoms with Crippen LogP contribution in [0.5, 0.6) is 5.75 Å². The lowest BCUT2D eigenvalue weighted by Crippen LogP contribution is -2.41. The number of para-hydroxylation sites is 1. The van der Waals surface area contributed by atoms with Crippen molar-refractivity contribution in [1.82, 2.24) is 14.1 Å². The van der Waals surface area contributed by atoms with Crippen LogP contribution in [-0.4, -0.2) is 31.6 Å². The molecule has 1 aromatic carbocycles. The van der Waals surface area contributed by atoms with Gasteiger partial charge in [0, 0.05) is 17.5 Å². The number of hydrogen-bond acceptors (Lipinski definition) is 4. The number of ether oxygens (including phenoxy) is 1. The molecule has 0 saturated carbocycles. The molecule has 0 aliphatic heterocycles. The first-order valence-electron chi connectivity index (χ1n) is 8.80. The summed E-state index contributed by atoms with van der Waals surface area (Å²) in [6.07, 6.45) is -2.91. The molecule has 5 nitrogen and oxygen atoms in total. The second kappa shape index (κ2) is 7.73. The molecule has 0 aliphatic carbocycles. The molecular weight excluding hydrogens is 423 g/mol. The van der Waals surface area contributed by atoms with Crippen molar-refractivity contribution in [3.05, 3.63) is 41.0 Å². The summed E-state index contributed by atoms with van der Waals surface area (Å²) >= 11 is 0.935. The molecule has 0 radical (unpaired) electrons. The van der Waals surface area contributed by atoms with Crippen LogP contribution in [0, 0.1) is 6.92 Å². The molecular formula is C19H22F3N3O2S2. The molecule has 0 unspecified atom stereocenters. The fourth-order valence-corrected chi connectivity index (χ4v) is 4.85. The van der Waals surface area contributed by atoms with Gasteiger partial charge in [0.1, 0.15) is 5.75 Å². The smallest absolute Gasteiger partial charge is 0.409 e. The van der Waals surface area contributed by atoms with E-state index in [1.165, 1.54) is 0 Å².